The van der Waals surface area contributed by atoms with E-state index in [1.807, 2.05) is 6.07 Å². The fourth-order valence-electron chi connectivity index (χ4n) is 3.12. The van der Waals surface area contributed by atoms with Gasteiger partial charge in [-0.25, -0.2) is 8.78 Å². The average Bonchev–Trinajstić information content (AvgIpc) is 2.67. The number of carbonyl (C=O) groups excluding carboxylic acids is 2. The zero-order chi connectivity index (χ0) is 18.7. The van der Waals surface area contributed by atoms with E-state index in [0.29, 0.717) is 31.5 Å². The number of Topliss-reactive ketones (excluding diaryl/α,β-unsaturated/α-hetero) is 1. The maximum absolute atomic E-state index is 14.0. The van der Waals surface area contributed by atoms with Crippen LogP contribution in [0, 0.1) is 28.9 Å². The van der Waals surface area contributed by atoms with Crippen molar-refractivity contribution < 1.29 is 18.4 Å². The van der Waals surface area contributed by atoms with Crippen molar-refractivity contribution >= 4 is 11.7 Å². The molecule has 0 N–H and O–H groups in total. The van der Waals surface area contributed by atoms with E-state index in [-0.39, 0.29) is 22.8 Å². The molecule has 0 radical (unpaired) electrons. The SMILES string of the molecule is N#Cc1ccc(C(=O)N2CCC(C(=O)c3ccc(F)cc3)CC2)c(F)c1. The number of amides is 1. The lowest BCUT2D eigenvalue weighted by Gasteiger charge is -2.31. The van der Waals surface area contributed by atoms with E-state index in [0.717, 1.165) is 6.07 Å². The minimum Gasteiger partial charge on any atom is -0.339 e. The number of nitrogens with zero attached hydrogens (tertiary/aromatic N) is 2. The highest BCUT2D eigenvalue weighted by atomic mass is 19.1. The van der Waals surface area contributed by atoms with Crippen molar-refractivity contribution in [3.05, 3.63) is 70.8 Å². The van der Waals surface area contributed by atoms with E-state index in [1.54, 1.807) is 0 Å². The number of nitriles is 1. The summed E-state index contributed by atoms with van der Waals surface area (Å²) in [7, 11) is 0. The number of likely N-dealkylation sites (tertiary alicyclic amines) is 1. The smallest absolute Gasteiger partial charge is 0.256 e. The molecule has 2 aromatic rings. The van der Waals surface area contributed by atoms with Gasteiger partial charge in [0, 0.05) is 24.6 Å². The molecule has 2 aromatic carbocycles. The Morgan fingerprint density at radius 1 is 1.04 bits per heavy atom. The van der Waals surface area contributed by atoms with Crippen LogP contribution in [-0.4, -0.2) is 29.7 Å². The van der Waals surface area contributed by atoms with E-state index in [4.69, 9.17) is 5.26 Å². The predicted molar refractivity (Wildman–Crippen MR) is 90.5 cm³/mol. The van der Waals surface area contributed by atoms with Crippen LogP contribution >= 0.6 is 0 Å². The van der Waals surface area contributed by atoms with Gasteiger partial charge in [0.05, 0.1) is 17.2 Å². The number of piperidine rings is 1. The Balaban J connectivity index is 1.65. The van der Waals surface area contributed by atoms with Crippen LogP contribution in [0.4, 0.5) is 8.78 Å². The molecule has 0 saturated carbocycles. The fraction of sp³-hybridized carbons (Fsp3) is 0.250. The molecule has 0 aliphatic carbocycles. The Morgan fingerprint density at radius 2 is 1.69 bits per heavy atom. The summed E-state index contributed by atoms with van der Waals surface area (Å²) in [6, 6.07) is 11.0. The molecule has 3 rings (SSSR count). The summed E-state index contributed by atoms with van der Waals surface area (Å²) in [5.74, 6) is -1.87. The second-order valence-corrected chi connectivity index (χ2v) is 6.24. The lowest BCUT2D eigenvalue weighted by molar-refractivity contribution is 0.0646. The summed E-state index contributed by atoms with van der Waals surface area (Å²) < 4.78 is 27.0. The Hall–Kier alpha value is -3.07. The molecule has 1 amide bonds. The molecular formula is C20H16F2N2O2. The van der Waals surface area contributed by atoms with Crippen molar-refractivity contribution in [3.8, 4) is 6.07 Å². The number of carbonyl (C=O) groups is 2. The molecule has 6 heteroatoms. The second kappa shape index (κ2) is 7.44. The minimum atomic E-state index is -0.724. The quantitative estimate of drug-likeness (QED) is 0.792. The van der Waals surface area contributed by atoms with Crippen molar-refractivity contribution in [3.63, 3.8) is 0 Å². The van der Waals surface area contributed by atoms with Gasteiger partial charge in [-0.3, -0.25) is 9.59 Å². The van der Waals surface area contributed by atoms with E-state index in [2.05, 4.69) is 0 Å². The number of hydrogen-bond donors (Lipinski definition) is 0. The van der Waals surface area contributed by atoms with E-state index >= 15 is 0 Å². The Bertz CT molecular complexity index is 880. The zero-order valence-corrected chi connectivity index (χ0v) is 13.9. The van der Waals surface area contributed by atoms with Gasteiger partial charge in [0.25, 0.3) is 5.91 Å². The third-order valence-corrected chi connectivity index (χ3v) is 4.61. The van der Waals surface area contributed by atoms with Crippen LogP contribution in [0.5, 0.6) is 0 Å². The first-order chi connectivity index (χ1) is 12.5. The maximum atomic E-state index is 14.0. The van der Waals surface area contributed by atoms with Crippen molar-refractivity contribution in [1.82, 2.24) is 4.90 Å². The van der Waals surface area contributed by atoms with Gasteiger partial charge < -0.3 is 4.90 Å². The monoisotopic (exact) mass is 354 g/mol. The molecule has 132 valence electrons. The van der Waals surface area contributed by atoms with Crippen molar-refractivity contribution in [2.45, 2.75) is 12.8 Å². The number of rotatable bonds is 3. The molecule has 1 saturated heterocycles. The Labute approximate surface area is 149 Å². The molecular weight excluding hydrogens is 338 g/mol. The first-order valence-electron chi connectivity index (χ1n) is 8.28. The van der Waals surface area contributed by atoms with Crippen LogP contribution < -0.4 is 0 Å². The summed E-state index contributed by atoms with van der Waals surface area (Å²) in [6.07, 6.45) is 0.944. The van der Waals surface area contributed by atoms with Crippen LogP contribution in [0.3, 0.4) is 0 Å². The normalized spacial score (nSPS) is 14.7. The Kier molecular flexibility index (Phi) is 5.08. The van der Waals surface area contributed by atoms with Gasteiger partial charge in [-0.05, 0) is 55.3 Å². The summed E-state index contributed by atoms with van der Waals surface area (Å²) in [5, 5.41) is 8.77. The van der Waals surface area contributed by atoms with Gasteiger partial charge in [0.2, 0.25) is 0 Å². The van der Waals surface area contributed by atoms with Crippen molar-refractivity contribution in [1.29, 1.82) is 5.26 Å². The number of halogens is 2. The maximum Gasteiger partial charge on any atom is 0.256 e. The first kappa shape index (κ1) is 17.7. The molecule has 0 aromatic heterocycles. The third-order valence-electron chi connectivity index (χ3n) is 4.61. The highest BCUT2D eigenvalue weighted by molar-refractivity contribution is 5.98. The van der Waals surface area contributed by atoms with Crippen LogP contribution in [0.1, 0.15) is 39.1 Å². The molecule has 26 heavy (non-hydrogen) atoms. The van der Waals surface area contributed by atoms with E-state index in [1.165, 1.54) is 41.3 Å². The van der Waals surface area contributed by atoms with Crippen LogP contribution in [0.2, 0.25) is 0 Å². The molecule has 0 spiro atoms. The molecule has 1 fully saturated rings. The van der Waals surface area contributed by atoms with Gasteiger partial charge in [0.15, 0.2) is 5.78 Å². The van der Waals surface area contributed by atoms with E-state index in [9.17, 15) is 18.4 Å². The molecule has 0 bridgehead atoms. The van der Waals surface area contributed by atoms with Gasteiger partial charge >= 0.3 is 0 Å². The molecule has 1 heterocycles. The highest BCUT2D eigenvalue weighted by Gasteiger charge is 2.29. The van der Waals surface area contributed by atoms with Crippen LogP contribution in [0.25, 0.3) is 0 Å². The van der Waals surface area contributed by atoms with Crippen LogP contribution in [0.15, 0.2) is 42.5 Å². The molecule has 0 unspecified atom stereocenters. The third kappa shape index (κ3) is 3.62. The summed E-state index contributed by atoms with van der Waals surface area (Å²) in [4.78, 5) is 26.5. The molecule has 1 aliphatic heterocycles. The highest BCUT2D eigenvalue weighted by Crippen LogP contribution is 2.24. The van der Waals surface area contributed by atoms with Crippen LogP contribution in [-0.2, 0) is 0 Å². The first-order valence-corrected chi connectivity index (χ1v) is 8.28. The summed E-state index contributed by atoms with van der Waals surface area (Å²) in [5.41, 5.74) is 0.532. The lowest BCUT2D eigenvalue weighted by atomic mass is 9.88. The van der Waals surface area contributed by atoms with E-state index < -0.39 is 17.5 Å². The molecule has 4 nitrogen and oxygen atoms in total. The van der Waals surface area contributed by atoms with Gasteiger partial charge in [-0.15, -0.1) is 0 Å². The molecule has 0 atom stereocenters. The van der Waals surface area contributed by atoms with Gasteiger partial charge in [-0.2, -0.15) is 5.26 Å². The minimum absolute atomic E-state index is 0.0679. The summed E-state index contributed by atoms with van der Waals surface area (Å²) >= 11 is 0. The van der Waals surface area contributed by atoms with Gasteiger partial charge in [-0.1, -0.05) is 0 Å². The second-order valence-electron chi connectivity index (χ2n) is 6.24. The largest absolute Gasteiger partial charge is 0.339 e. The zero-order valence-electron chi connectivity index (χ0n) is 13.9. The van der Waals surface area contributed by atoms with Gasteiger partial charge in [0.1, 0.15) is 11.6 Å². The van der Waals surface area contributed by atoms with Crippen molar-refractivity contribution in [2.24, 2.45) is 5.92 Å². The number of benzene rings is 2. The lowest BCUT2D eigenvalue weighted by Crippen LogP contribution is -2.40. The number of ketones is 1. The molecule has 1 aliphatic rings. The predicted octanol–water partition coefficient (Wildman–Crippen LogP) is 3.57. The number of hydrogen-bond acceptors (Lipinski definition) is 3. The average molecular weight is 354 g/mol. The summed E-state index contributed by atoms with van der Waals surface area (Å²) in [6.45, 7) is 0.686. The topological polar surface area (TPSA) is 61.2 Å². The van der Waals surface area contributed by atoms with Crippen molar-refractivity contribution in [2.75, 3.05) is 13.1 Å². The fourth-order valence-corrected chi connectivity index (χ4v) is 3.12. The Morgan fingerprint density at radius 3 is 2.27 bits per heavy atom. The standard InChI is InChI=1S/C20H16F2N2O2/c21-16-4-2-14(3-5-16)19(25)15-7-9-24(10-8-15)20(26)17-6-1-13(12-23)11-18(17)22/h1-6,11,15H,7-10H2.